The SMILES string of the molecule is CCCCCCCC(=O)N(C)Cc1cccc(-c2ccc(/C=C(/OCC)C(=O)O)cc2)c1. The lowest BCUT2D eigenvalue weighted by Gasteiger charge is -2.18. The van der Waals surface area contributed by atoms with Gasteiger partial charge in [-0.05, 0) is 47.7 Å². The molecule has 32 heavy (non-hydrogen) atoms. The van der Waals surface area contributed by atoms with Crippen molar-refractivity contribution in [2.24, 2.45) is 0 Å². The second kappa shape index (κ2) is 13.4. The average Bonchev–Trinajstić information content (AvgIpc) is 2.79. The van der Waals surface area contributed by atoms with Gasteiger partial charge in [0.2, 0.25) is 11.7 Å². The summed E-state index contributed by atoms with van der Waals surface area (Å²) in [4.78, 5) is 25.5. The number of hydrogen-bond acceptors (Lipinski definition) is 3. The van der Waals surface area contributed by atoms with E-state index < -0.39 is 5.97 Å². The molecule has 2 rings (SSSR count). The second-order valence-corrected chi connectivity index (χ2v) is 7.98. The van der Waals surface area contributed by atoms with E-state index in [9.17, 15) is 14.7 Å². The van der Waals surface area contributed by atoms with Crippen LogP contribution in [0.15, 0.2) is 54.3 Å². The summed E-state index contributed by atoms with van der Waals surface area (Å²) in [6.07, 6.45) is 7.85. The minimum Gasteiger partial charge on any atom is -0.487 e. The maximum absolute atomic E-state index is 12.4. The van der Waals surface area contributed by atoms with Gasteiger partial charge in [0.1, 0.15) is 0 Å². The number of carbonyl (C=O) groups excluding carboxylic acids is 1. The molecule has 0 spiro atoms. The van der Waals surface area contributed by atoms with E-state index >= 15 is 0 Å². The van der Waals surface area contributed by atoms with E-state index in [1.165, 1.54) is 25.3 Å². The van der Waals surface area contributed by atoms with Crippen molar-refractivity contribution in [3.05, 3.63) is 65.4 Å². The predicted molar refractivity (Wildman–Crippen MR) is 129 cm³/mol. The number of aliphatic carboxylic acids is 1. The first-order chi connectivity index (χ1) is 15.4. The van der Waals surface area contributed by atoms with Crippen LogP contribution in [0.2, 0.25) is 0 Å². The number of carbonyl (C=O) groups is 2. The molecule has 2 aromatic rings. The molecule has 0 unspecified atom stereocenters. The van der Waals surface area contributed by atoms with Crippen LogP contribution in [0.5, 0.6) is 0 Å². The molecule has 0 radical (unpaired) electrons. The number of benzene rings is 2. The van der Waals surface area contributed by atoms with Gasteiger partial charge < -0.3 is 14.7 Å². The fraction of sp³-hybridized carbons (Fsp3) is 0.407. The topological polar surface area (TPSA) is 66.8 Å². The highest BCUT2D eigenvalue weighted by Gasteiger charge is 2.10. The molecule has 0 aliphatic rings. The largest absolute Gasteiger partial charge is 0.487 e. The van der Waals surface area contributed by atoms with Gasteiger partial charge in [-0.1, -0.05) is 75.1 Å². The molecule has 0 atom stereocenters. The number of carboxylic acid groups (broad SMARTS) is 1. The predicted octanol–water partition coefficient (Wildman–Crippen LogP) is 6.13. The highest BCUT2D eigenvalue weighted by molar-refractivity contribution is 5.90. The van der Waals surface area contributed by atoms with E-state index in [4.69, 9.17) is 4.74 Å². The Morgan fingerprint density at radius 2 is 1.69 bits per heavy atom. The lowest BCUT2D eigenvalue weighted by atomic mass is 10.0. The van der Waals surface area contributed by atoms with Crippen LogP contribution in [0.25, 0.3) is 17.2 Å². The van der Waals surface area contributed by atoms with Crippen molar-refractivity contribution in [3.63, 3.8) is 0 Å². The van der Waals surface area contributed by atoms with Gasteiger partial charge >= 0.3 is 5.97 Å². The average molecular weight is 438 g/mol. The first kappa shape index (κ1) is 25.2. The third kappa shape index (κ3) is 8.22. The summed E-state index contributed by atoms with van der Waals surface area (Å²) in [7, 11) is 1.86. The van der Waals surface area contributed by atoms with Crippen molar-refractivity contribution in [1.82, 2.24) is 4.90 Å². The van der Waals surface area contributed by atoms with Gasteiger partial charge in [0.05, 0.1) is 6.61 Å². The Bertz CT molecular complexity index is 902. The summed E-state index contributed by atoms with van der Waals surface area (Å²) in [5, 5.41) is 9.20. The van der Waals surface area contributed by atoms with Gasteiger partial charge in [-0.2, -0.15) is 0 Å². The number of nitrogens with zero attached hydrogens (tertiary/aromatic N) is 1. The molecule has 0 saturated heterocycles. The van der Waals surface area contributed by atoms with Crippen LogP contribution < -0.4 is 0 Å². The highest BCUT2D eigenvalue weighted by Crippen LogP contribution is 2.23. The van der Waals surface area contributed by atoms with Crippen LogP contribution in [0.3, 0.4) is 0 Å². The minimum absolute atomic E-state index is 0.0692. The van der Waals surface area contributed by atoms with Crippen molar-refractivity contribution >= 4 is 18.0 Å². The Balaban J connectivity index is 2.01. The van der Waals surface area contributed by atoms with Crippen molar-refractivity contribution in [2.45, 2.75) is 58.9 Å². The Labute approximate surface area is 191 Å². The first-order valence-electron chi connectivity index (χ1n) is 11.5. The Morgan fingerprint density at radius 3 is 2.34 bits per heavy atom. The van der Waals surface area contributed by atoms with E-state index in [1.54, 1.807) is 11.8 Å². The van der Waals surface area contributed by atoms with Gasteiger partial charge in [-0.25, -0.2) is 4.79 Å². The summed E-state index contributed by atoms with van der Waals surface area (Å²) in [5.74, 6) is -0.963. The summed E-state index contributed by atoms with van der Waals surface area (Å²) in [6, 6.07) is 15.8. The monoisotopic (exact) mass is 437 g/mol. The maximum Gasteiger partial charge on any atom is 0.371 e. The second-order valence-electron chi connectivity index (χ2n) is 7.98. The van der Waals surface area contributed by atoms with Crippen LogP contribution in [-0.2, 0) is 20.9 Å². The molecule has 2 aromatic carbocycles. The van der Waals surface area contributed by atoms with Crippen molar-refractivity contribution in [2.75, 3.05) is 13.7 Å². The first-order valence-corrected chi connectivity index (χ1v) is 11.5. The van der Waals surface area contributed by atoms with Crippen LogP contribution in [0.4, 0.5) is 0 Å². The molecule has 0 heterocycles. The molecule has 5 nitrogen and oxygen atoms in total. The molecule has 0 aromatic heterocycles. The Morgan fingerprint density at radius 1 is 0.969 bits per heavy atom. The number of rotatable bonds is 13. The molecule has 0 saturated carbocycles. The molecule has 0 aliphatic heterocycles. The Hall–Kier alpha value is -3.08. The maximum atomic E-state index is 12.4. The van der Waals surface area contributed by atoms with Gasteiger partial charge in [-0.15, -0.1) is 0 Å². The summed E-state index contributed by atoms with van der Waals surface area (Å²) >= 11 is 0. The van der Waals surface area contributed by atoms with Gasteiger partial charge in [0.15, 0.2) is 0 Å². The van der Waals surface area contributed by atoms with Crippen LogP contribution >= 0.6 is 0 Å². The van der Waals surface area contributed by atoms with E-state index in [0.29, 0.717) is 19.6 Å². The van der Waals surface area contributed by atoms with Gasteiger partial charge in [0, 0.05) is 20.0 Å². The van der Waals surface area contributed by atoms with E-state index in [2.05, 4.69) is 13.0 Å². The number of carboxylic acids is 1. The van der Waals surface area contributed by atoms with Crippen molar-refractivity contribution in [1.29, 1.82) is 0 Å². The normalized spacial score (nSPS) is 11.3. The number of unbranched alkanes of at least 4 members (excludes halogenated alkanes) is 4. The van der Waals surface area contributed by atoms with E-state index in [0.717, 1.165) is 35.1 Å². The number of hydrogen-bond donors (Lipinski definition) is 1. The molecule has 1 N–H and O–H groups in total. The number of ether oxygens (including phenoxy) is 1. The quantitative estimate of drug-likeness (QED) is 0.232. The van der Waals surface area contributed by atoms with E-state index in [1.807, 2.05) is 49.5 Å². The molecular weight excluding hydrogens is 402 g/mol. The summed E-state index contributed by atoms with van der Waals surface area (Å²) in [5.41, 5.74) is 3.93. The van der Waals surface area contributed by atoms with Crippen LogP contribution in [-0.4, -0.2) is 35.5 Å². The van der Waals surface area contributed by atoms with Crippen molar-refractivity contribution in [3.8, 4) is 11.1 Å². The van der Waals surface area contributed by atoms with Crippen molar-refractivity contribution < 1.29 is 19.4 Å². The minimum atomic E-state index is -1.08. The molecule has 0 aliphatic carbocycles. The zero-order chi connectivity index (χ0) is 23.3. The zero-order valence-electron chi connectivity index (χ0n) is 19.5. The lowest BCUT2D eigenvalue weighted by Crippen LogP contribution is -2.25. The van der Waals surface area contributed by atoms with Gasteiger partial charge in [0.25, 0.3) is 0 Å². The smallest absolute Gasteiger partial charge is 0.371 e. The molecule has 5 heteroatoms. The van der Waals surface area contributed by atoms with E-state index in [-0.39, 0.29) is 11.7 Å². The molecule has 1 amide bonds. The third-order valence-corrected chi connectivity index (χ3v) is 5.32. The lowest BCUT2D eigenvalue weighted by molar-refractivity contribution is -0.136. The summed E-state index contributed by atoms with van der Waals surface area (Å²) in [6.45, 7) is 4.83. The summed E-state index contributed by atoms with van der Waals surface area (Å²) < 4.78 is 5.17. The highest BCUT2D eigenvalue weighted by atomic mass is 16.5. The Kier molecular flexibility index (Phi) is 10.5. The zero-order valence-corrected chi connectivity index (χ0v) is 19.5. The molecule has 0 fully saturated rings. The van der Waals surface area contributed by atoms with Gasteiger partial charge in [-0.3, -0.25) is 4.79 Å². The standard InChI is InChI=1S/C27H35NO4/c1-4-6-7-8-9-13-26(29)28(3)20-22-11-10-12-24(18-22)23-16-14-21(15-17-23)19-25(27(30)31)32-5-2/h10-12,14-19H,4-9,13,20H2,1-3H3,(H,30,31)/b25-19+. The molecular formula is C27H35NO4. The molecule has 172 valence electrons. The van der Waals surface area contributed by atoms with Crippen LogP contribution in [0.1, 0.15) is 63.5 Å². The molecule has 0 bridgehead atoms. The fourth-order valence-electron chi connectivity index (χ4n) is 3.53. The van der Waals surface area contributed by atoms with Crippen LogP contribution in [0, 0.1) is 0 Å². The number of amides is 1. The third-order valence-electron chi connectivity index (χ3n) is 5.32. The fourth-order valence-corrected chi connectivity index (χ4v) is 3.53.